The number of hydrogen-bond acceptors (Lipinski definition) is 7. The summed E-state index contributed by atoms with van der Waals surface area (Å²) in [5.41, 5.74) is -1.26. The largest absolute Gasteiger partial charge is 0.465 e. The Balaban J connectivity index is 4.50. The van der Waals surface area contributed by atoms with Crippen LogP contribution in [0.25, 0.3) is 0 Å². The molecule has 0 aromatic carbocycles. The van der Waals surface area contributed by atoms with Crippen LogP contribution < -0.4 is 5.32 Å². The predicted molar refractivity (Wildman–Crippen MR) is 146 cm³/mol. The van der Waals surface area contributed by atoms with Gasteiger partial charge in [-0.05, 0) is 39.2 Å². The number of nitrogens with one attached hydrogen (secondary N) is 1. The van der Waals surface area contributed by atoms with Gasteiger partial charge in [-0.15, -0.1) is 0 Å². The molecule has 1 atom stereocenters. The fraction of sp³-hybridized carbons (Fsp3) is 0.931. The molecule has 0 spiro atoms. The maximum atomic E-state index is 13.0. The number of ether oxygens (including phenoxy) is 2. The lowest BCUT2D eigenvalue weighted by atomic mass is 9.84. The van der Waals surface area contributed by atoms with E-state index in [1.54, 1.807) is 6.92 Å². The molecule has 0 aliphatic rings. The summed E-state index contributed by atoms with van der Waals surface area (Å²) in [7, 11) is 0. The maximum absolute atomic E-state index is 13.0. The van der Waals surface area contributed by atoms with Crippen molar-refractivity contribution in [3.05, 3.63) is 0 Å². The first-order valence-corrected chi connectivity index (χ1v) is 14.8. The molecule has 0 amide bonds. The summed E-state index contributed by atoms with van der Waals surface area (Å²) in [5.74, 6) is -0.910. The van der Waals surface area contributed by atoms with Crippen molar-refractivity contribution in [3.63, 3.8) is 0 Å². The smallest absolute Gasteiger partial charge is 0.323 e. The van der Waals surface area contributed by atoms with Gasteiger partial charge in [-0.25, -0.2) is 0 Å². The van der Waals surface area contributed by atoms with Crippen LogP contribution in [-0.2, 0) is 19.1 Å². The summed E-state index contributed by atoms with van der Waals surface area (Å²) in [6.07, 6.45) is 16.6. The highest BCUT2D eigenvalue weighted by atomic mass is 16.6. The molecule has 0 heterocycles. The highest BCUT2D eigenvalue weighted by Crippen LogP contribution is 2.29. The monoisotopic (exact) mass is 515 g/mol. The molecule has 0 bridgehead atoms. The number of unbranched alkanes of at least 4 members (excludes halogenated alkanes) is 13. The number of hydrogen-bond donors (Lipinski definition) is 3. The summed E-state index contributed by atoms with van der Waals surface area (Å²) in [6.45, 7) is 7.67. The van der Waals surface area contributed by atoms with Crippen LogP contribution in [0.4, 0.5) is 0 Å². The zero-order valence-corrected chi connectivity index (χ0v) is 23.7. The summed E-state index contributed by atoms with van der Waals surface area (Å²) in [6, 6.07) is 0. The van der Waals surface area contributed by atoms with Crippen molar-refractivity contribution >= 4 is 11.9 Å². The molecule has 0 aromatic rings. The highest BCUT2D eigenvalue weighted by molar-refractivity contribution is 5.99. The Morgan fingerprint density at radius 1 is 0.722 bits per heavy atom. The highest BCUT2D eigenvalue weighted by Gasteiger charge is 2.43. The van der Waals surface area contributed by atoms with Gasteiger partial charge in [0.2, 0.25) is 0 Å². The Labute approximate surface area is 221 Å². The topological polar surface area (TPSA) is 105 Å². The van der Waals surface area contributed by atoms with Gasteiger partial charge in [0.1, 0.15) is 0 Å². The number of esters is 2. The van der Waals surface area contributed by atoms with E-state index < -0.39 is 23.5 Å². The lowest BCUT2D eigenvalue weighted by Crippen LogP contribution is -2.39. The minimum atomic E-state index is -1.26. The van der Waals surface area contributed by atoms with Gasteiger partial charge in [0, 0.05) is 6.54 Å². The molecule has 0 aromatic heterocycles. The molecule has 214 valence electrons. The normalized spacial score (nSPS) is 12.5. The van der Waals surface area contributed by atoms with E-state index in [4.69, 9.17) is 14.6 Å². The number of aliphatic hydroxyl groups excluding tert-OH is 2. The van der Waals surface area contributed by atoms with E-state index in [2.05, 4.69) is 19.2 Å². The molecule has 0 aliphatic carbocycles. The maximum Gasteiger partial charge on any atom is 0.323 e. The molecule has 0 fully saturated rings. The second-order valence-electron chi connectivity index (χ2n) is 10.3. The van der Waals surface area contributed by atoms with Gasteiger partial charge in [-0.3, -0.25) is 9.59 Å². The fourth-order valence-electron chi connectivity index (χ4n) is 4.12. The number of aliphatic hydroxyl groups is 2. The van der Waals surface area contributed by atoms with Crippen molar-refractivity contribution in [2.45, 2.75) is 136 Å². The Bertz CT molecular complexity index is 498. The average molecular weight is 516 g/mol. The molecular weight excluding hydrogens is 458 g/mol. The number of carbonyl (C=O) groups is 2. The molecule has 0 saturated carbocycles. The molecule has 36 heavy (non-hydrogen) atoms. The van der Waals surface area contributed by atoms with Crippen molar-refractivity contribution in [1.82, 2.24) is 5.32 Å². The van der Waals surface area contributed by atoms with E-state index in [0.29, 0.717) is 26.2 Å². The molecular formula is C29H57NO6. The van der Waals surface area contributed by atoms with Crippen molar-refractivity contribution in [2.24, 2.45) is 5.41 Å². The summed E-state index contributed by atoms with van der Waals surface area (Å²) in [5, 5.41) is 21.3. The first-order valence-electron chi connectivity index (χ1n) is 14.8. The Morgan fingerprint density at radius 2 is 1.17 bits per heavy atom. The lowest BCUT2D eigenvalue weighted by Gasteiger charge is -2.25. The van der Waals surface area contributed by atoms with Crippen LogP contribution >= 0.6 is 0 Å². The first kappa shape index (κ1) is 34.8. The van der Waals surface area contributed by atoms with Gasteiger partial charge in [-0.1, -0.05) is 97.3 Å². The molecule has 7 heteroatoms. The Kier molecular flexibility index (Phi) is 23.4. The lowest BCUT2D eigenvalue weighted by molar-refractivity contribution is -0.172. The molecule has 0 aliphatic heterocycles. The molecule has 3 N–H and O–H groups in total. The minimum Gasteiger partial charge on any atom is -0.465 e. The van der Waals surface area contributed by atoms with Gasteiger partial charge in [-0.2, -0.15) is 0 Å². The van der Waals surface area contributed by atoms with Crippen LogP contribution in [0.2, 0.25) is 0 Å². The first-order chi connectivity index (χ1) is 17.4. The molecule has 1 unspecified atom stereocenters. The SMILES string of the molecule is CCCCCCCCOC(=O)C(C)(CCCCCCNCC(O)CO)C(=O)OCCCCCCCC. The summed E-state index contributed by atoms with van der Waals surface area (Å²) < 4.78 is 11.1. The zero-order chi connectivity index (χ0) is 26.9. The molecule has 0 rings (SSSR count). The van der Waals surface area contributed by atoms with Gasteiger partial charge >= 0.3 is 11.9 Å². The Morgan fingerprint density at radius 3 is 1.67 bits per heavy atom. The van der Waals surface area contributed by atoms with Gasteiger partial charge < -0.3 is 25.0 Å². The van der Waals surface area contributed by atoms with E-state index in [-0.39, 0.29) is 6.61 Å². The van der Waals surface area contributed by atoms with Gasteiger partial charge in [0.25, 0.3) is 0 Å². The number of carbonyl (C=O) groups excluding carboxylic acids is 2. The van der Waals surface area contributed by atoms with E-state index in [1.807, 2.05) is 0 Å². The van der Waals surface area contributed by atoms with Gasteiger partial charge in [0.05, 0.1) is 25.9 Å². The number of rotatable bonds is 26. The predicted octanol–water partition coefficient (Wildman–Crippen LogP) is 5.69. The third-order valence-electron chi connectivity index (χ3n) is 6.73. The molecule has 7 nitrogen and oxygen atoms in total. The summed E-state index contributed by atoms with van der Waals surface area (Å²) >= 11 is 0. The average Bonchev–Trinajstić information content (AvgIpc) is 2.88. The third kappa shape index (κ3) is 18.1. The quantitative estimate of drug-likeness (QED) is 0.0771. The molecule has 0 saturated heterocycles. The van der Waals surface area contributed by atoms with E-state index >= 15 is 0 Å². The van der Waals surface area contributed by atoms with Crippen molar-refractivity contribution in [3.8, 4) is 0 Å². The summed E-state index contributed by atoms with van der Waals surface area (Å²) in [4.78, 5) is 25.9. The molecule has 0 radical (unpaired) electrons. The second kappa shape index (κ2) is 24.2. The van der Waals surface area contributed by atoms with Crippen LogP contribution in [0.3, 0.4) is 0 Å². The van der Waals surface area contributed by atoms with Crippen LogP contribution in [0.1, 0.15) is 130 Å². The Hall–Kier alpha value is -1.18. The van der Waals surface area contributed by atoms with E-state index in [1.165, 1.54) is 38.5 Å². The van der Waals surface area contributed by atoms with E-state index in [9.17, 15) is 14.7 Å². The van der Waals surface area contributed by atoms with Crippen molar-refractivity contribution in [2.75, 3.05) is 32.9 Å². The minimum absolute atomic E-state index is 0.241. The van der Waals surface area contributed by atoms with Gasteiger partial charge in [0.15, 0.2) is 5.41 Å². The van der Waals surface area contributed by atoms with Crippen LogP contribution in [0.5, 0.6) is 0 Å². The standard InChI is InChI=1S/C29H57NO6/c1-4-6-8-10-14-18-22-35-27(33)29(3,28(34)36-23-19-15-11-9-7-5-2)20-16-12-13-17-21-30-24-26(32)25-31/h26,30-32H,4-25H2,1-3H3. The van der Waals surface area contributed by atoms with E-state index in [0.717, 1.165) is 70.8 Å². The van der Waals surface area contributed by atoms with Crippen LogP contribution in [-0.4, -0.2) is 61.2 Å². The fourth-order valence-corrected chi connectivity index (χ4v) is 4.12. The second-order valence-corrected chi connectivity index (χ2v) is 10.3. The third-order valence-corrected chi connectivity index (χ3v) is 6.73. The van der Waals surface area contributed by atoms with Crippen molar-refractivity contribution < 1.29 is 29.3 Å². The van der Waals surface area contributed by atoms with Crippen LogP contribution in [0, 0.1) is 5.41 Å². The van der Waals surface area contributed by atoms with Crippen molar-refractivity contribution in [1.29, 1.82) is 0 Å². The zero-order valence-electron chi connectivity index (χ0n) is 23.7. The van der Waals surface area contributed by atoms with Crippen LogP contribution in [0.15, 0.2) is 0 Å².